The van der Waals surface area contributed by atoms with Gasteiger partial charge in [-0.25, -0.2) is 0 Å². The van der Waals surface area contributed by atoms with Crippen LogP contribution in [0.3, 0.4) is 0 Å². The van der Waals surface area contributed by atoms with Gasteiger partial charge >= 0.3 is 0 Å². The summed E-state index contributed by atoms with van der Waals surface area (Å²) in [5.74, 6) is 0. The van der Waals surface area contributed by atoms with E-state index in [0.29, 0.717) is 0 Å². The molecule has 0 saturated heterocycles. The second kappa shape index (κ2) is 9.65. The van der Waals surface area contributed by atoms with Crippen LogP contribution in [-0.2, 0) is 0 Å². The quantitative estimate of drug-likeness (QED) is 0.540. The Morgan fingerprint density at radius 2 is 1.19 bits per heavy atom. The fraction of sp³-hybridized carbons (Fsp3) is 0.733. The largest absolute Gasteiger partial charge is 0.282 e. The summed E-state index contributed by atoms with van der Waals surface area (Å²) in [6, 6.07) is 0. The van der Waals surface area contributed by atoms with E-state index in [2.05, 4.69) is 31.5 Å². The molecule has 0 amide bonds. The number of hydrogen-bond donors (Lipinski definition) is 1. The summed E-state index contributed by atoms with van der Waals surface area (Å²) in [5, 5.41) is 0. The van der Waals surface area contributed by atoms with Gasteiger partial charge in [-0.2, -0.15) is 0 Å². The van der Waals surface area contributed by atoms with Crippen LogP contribution in [0.5, 0.6) is 0 Å². The van der Waals surface area contributed by atoms with Crippen molar-refractivity contribution >= 4 is 0 Å². The van der Waals surface area contributed by atoms with Crippen LogP contribution in [0.25, 0.3) is 0 Å². The van der Waals surface area contributed by atoms with Crippen molar-refractivity contribution in [1.29, 1.82) is 0 Å². The molecule has 1 heteroatoms. The predicted octanol–water partition coefficient (Wildman–Crippen LogP) is 3.44. The van der Waals surface area contributed by atoms with Crippen molar-refractivity contribution in [1.82, 2.24) is 0 Å². The highest BCUT2D eigenvalue weighted by atomic mass is 15.1. The van der Waals surface area contributed by atoms with E-state index < -0.39 is 0 Å². The molecular weight excluding hydrogens is 194 g/mol. The number of unbranched alkanes of at least 4 members (excludes halogenated alkanes) is 8. The van der Waals surface area contributed by atoms with Gasteiger partial charge in [-0.05, 0) is 25.0 Å². The second-order valence-electron chi connectivity index (χ2n) is 4.87. The van der Waals surface area contributed by atoms with Crippen LogP contribution in [0.1, 0.15) is 64.7 Å². The molecule has 0 saturated carbocycles. The Labute approximate surface area is 101 Å². The Hall–Kier alpha value is -0.560. The monoisotopic (exact) mass is 222 g/mol. The van der Waals surface area contributed by atoms with E-state index in [9.17, 15) is 0 Å². The molecule has 0 bridgehead atoms. The van der Waals surface area contributed by atoms with Crippen LogP contribution in [0, 0.1) is 0 Å². The summed E-state index contributed by atoms with van der Waals surface area (Å²) < 4.78 is 0. The number of nitrogens with one attached hydrogen (secondary N) is 1. The van der Waals surface area contributed by atoms with Gasteiger partial charge in [-0.3, -0.25) is 4.90 Å². The Morgan fingerprint density at radius 1 is 0.688 bits per heavy atom. The Morgan fingerprint density at radius 3 is 1.75 bits per heavy atom. The molecule has 0 aromatic heterocycles. The molecule has 0 aromatic carbocycles. The van der Waals surface area contributed by atoms with Crippen molar-refractivity contribution in [3.63, 3.8) is 0 Å². The first-order chi connectivity index (χ1) is 7.93. The van der Waals surface area contributed by atoms with E-state index in [4.69, 9.17) is 0 Å². The molecule has 1 N–H and O–H groups in total. The fourth-order valence-electron chi connectivity index (χ4n) is 2.22. The fourth-order valence-corrected chi connectivity index (χ4v) is 2.22. The first kappa shape index (κ1) is 13.5. The van der Waals surface area contributed by atoms with Gasteiger partial charge in [-0.15, -0.1) is 0 Å². The van der Waals surface area contributed by atoms with Crippen molar-refractivity contribution in [3.8, 4) is 0 Å². The SMILES string of the molecule is CCCCCCCCCCC[NH+]1C=CC=C1. The lowest BCUT2D eigenvalue weighted by molar-refractivity contribution is -0.787. The topological polar surface area (TPSA) is 4.44 Å². The molecule has 0 radical (unpaired) electrons. The molecule has 0 atom stereocenters. The molecule has 1 rings (SSSR count). The lowest BCUT2D eigenvalue weighted by atomic mass is 10.1. The van der Waals surface area contributed by atoms with Crippen LogP contribution in [0.2, 0.25) is 0 Å². The molecule has 1 aliphatic rings. The van der Waals surface area contributed by atoms with Gasteiger partial charge < -0.3 is 0 Å². The highest BCUT2D eigenvalue weighted by Crippen LogP contribution is 2.08. The van der Waals surface area contributed by atoms with Gasteiger partial charge in [0.15, 0.2) is 0 Å². The summed E-state index contributed by atoms with van der Waals surface area (Å²) in [4.78, 5) is 1.52. The van der Waals surface area contributed by atoms with Gasteiger partial charge in [-0.1, -0.05) is 51.9 Å². The first-order valence-electron chi connectivity index (χ1n) is 7.14. The van der Waals surface area contributed by atoms with E-state index >= 15 is 0 Å². The van der Waals surface area contributed by atoms with E-state index in [0.717, 1.165) is 0 Å². The molecule has 1 heterocycles. The maximum absolute atomic E-state index is 2.28. The maximum Gasteiger partial charge on any atom is 0.0990 e. The summed E-state index contributed by atoms with van der Waals surface area (Å²) in [5.41, 5.74) is 0. The van der Waals surface area contributed by atoms with E-state index in [-0.39, 0.29) is 0 Å². The van der Waals surface area contributed by atoms with Crippen LogP contribution < -0.4 is 4.90 Å². The van der Waals surface area contributed by atoms with E-state index in [1.807, 2.05) is 0 Å². The van der Waals surface area contributed by atoms with Gasteiger partial charge in [0.25, 0.3) is 0 Å². The third-order valence-electron chi connectivity index (χ3n) is 3.30. The lowest BCUT2D eigenvalue weighted by Crippen LogP contribution is -3.01. The molecule has 0 aliphatic carbocycles. The molecule has 0 unspecified atom stereocenters. The summed E-state index contributed by atoms with van der Waals surface area (Å²) in [6.07, 6.45) is 21.6. The smallest absolute Gasteiger partial charge is 0.0990 e. The molecule has 1 aliphatic heterocycles. The van der Waals surface area contributed by atoms with E-state index in [1.165, 1.54) is 69.2 Å². The van der Waals surface area contributed by atoms with Gasteiger partial charge in [0.05, 0.1) is 18.9 Å². The minimum absolute atomic E-state index is 1.28. The zero-order valence-corrected chi connectivity index (χ0v) is 10.9. The molecular formula is C15H28N+. The van der Waals surface area contributed by atoms with Gasteiger partial charge in [0.1, 0.15) is 0 Å². The Bertz CT molecular complexity index is 193. The van der Waals surface area contributed by atoms with E-state index in [1.54, 1.807) is 0 Å². The molecule has 1 nitrogen and oxygen atoms in total. The third kappa shape index (κ3) is 6.84. The van der Waals surface area contributed by atoms with Crippen LogP contribution in [0.4, 0.5) is 0 Å². The zero-order chi connectivity index (χ0) is 11.5. The number of rotatable bonds is 10. The third-order valence-corrected chi connectivity index (χ3v) is 3.30. The minimum Gasteiger partial charge on any atom is -0.282 e. The van der Waals surface area contributed by atoms with Crippen LogP contribution >= 0.6 is 0 Å². The van der Waals surface area contributed by atoms with Crippen LogP contribution in [-0.4, -0.2) is 6.54 Å². The highest BCUT2D eigenvalue weighted by Gasteiger charge is 2.02. The van der Waals surface area contributed by atoms with Gasteiger partial charge in [0, 0.05) is 0 Å². The minimum atomic E-state index is 1.28. The number of allylic oxidation sites excluding steroid dienone is 2. The maximum atomic E-state index is 2.28. The van der Waals surface area contributed by atoms with Crippen molar-refractivity contribution in [3.05, 3.63) is 24.6 Å². The molecule has 16 heavy (non-hydrogen) atoms. The Balaban J connectivity index is 1.74. The molecule has 92 valence electrons. The van der Waals surface area contributed by atoms with Crippen molar-refractivity contribution < 1.29 is 4.90 Å². The van der Waals surface area contributed by atoms with Gasteiger partial charge in [0.2, 0.25) is 0 Å². The average Bonchev–Trinajstić information content (AvgIpc) is 2.80. The van der Waals surface area contributed by atoms with Crippen molar-refractivity contribution in [2.75, 3.05) is 6.54 Å². The normalized spacial score (nSPS) is 15.1. The first-order valence-corrected chi connectivity index (χ1v) is 7.14. The average molecular weight is 222 g/mol. The summed E-state index contributed by atoms with van der Waals surface area (Å²) >= 11 is 0. The summed E-state index contributed by atoms with van der Waals surface area (Å²) in [6.45, 7) is 3.56. The van der Waals surface area contributed by atoms with Crippen molar-refractivity contribution in [2.24, 2.45) is 0 Å². The lowest BCUT2D eigenvalue weighted by Gasteiger charge is -2.06. The molecule has 0 aromatic rings. The highest BCUT2D eigenvalue weighted by molar-refractivity contribution is 5.00. The predicted molar refractivity (Wildman–Crippen MR) is 71.3 cm³/mol. The zero-order valence-electron chi connectivity index (χ0n) is 10.9. The summed E-state index contributed by atoms with van der Waals surface area (Å²) in [7, 11) is 0. The Kier molecular flexibility index (Phi) is 8.15. The number of hydrogen-bond acceptors (Lipinski definition) is 0. The molecule has 0 spiro atoms. The second-order valence-corrected chi connectivity index (χ2v) is 4.87. The molecule has 0 fully saturated rings. The number of quaternary nitrogens is 1. The standard InChI is InChI=1S/C15H27N/c1-2-3-4-5-6-7-8-9-10-13-16-14-11-12-15-16/h11-12,14-15H,2-10,13H2,1H3/p+1. The van der Waals surface area contributed by atoms with Crippen LogP contribution in [0.15, 0.2) is 24.6 Å². The van der Waals surface area contributed by atoms with Crippen molar-refractivity contribution in [2.45, 2.75) is 64.7 Å².